The summed E-state index contributed by atoms with van der Waals surface area (Å²) in [5.74, 6) is 1.47. The lowest BCUT2D eigenvalue weighted by Crippen LogP contribution is -2.48. The minimum absolute atomic E-state index is 0.0427. The average molecular weight is 493 g/mol. The maximum atomic E-state index is 13.6. The van der Waals surface area contributed by atoms with Crippen molar-refractivity contribution in [3.8, 4) is 11.5 Å². The highest BCUT2D eigenvalue weighted by Gasteiger charge is 2.33. The van der Waals surface area contributed by atoms with Crippen molar-refractivity contribution in [1.82, 2.24) is 9.80 Å². The molecule has 184 valence electrons. The van der Waals surface area contributed by atoms with Crippen molar-refractivity contribution >= 4 is 23.2 Å². The van der Waals surface area contributed by atoms with Gasteiger partial charge in [0.05, 0.1) is 13.2 Å². The van der Waals surface area contributed by atoms with E-state index in [1.165, 1.54) is 4.88 Å². The second kappa shape index (κ2) is 11.4. The van der Waals surface area contributed by atoms with E-state index in [1.807, 2.05) is 47.4 Å². The third-order valence-electron chi connectivity index (χ3n) is 6.08. The van der Waals surface area contributed by atoms with Crippen LogP contribution in [-0.4, -0.2) is 55.0 Å². The molecule has 0 spiro atoms. The van der Waals surface area contributed by atoms with Crippen molar-refractivity contribution in [2.45, 2.75) is 26.3 Å². The zero-order chi connectivity index (χ0) is 24.8. The van der Waals surface area contributed by atoms with E-state index in [-0.39, 0.29) is 30.3 Å². The minimum atomic E-state index is -0.212. The van der Waals surface area contributed by atoms with Crippen molar-refractivity contribution < 1.29 is 19.1 Å². The lowest BCUT2D eigenvalue weighted by atomic mass is 10.00. The fraction of sp³-hybridized carbons (Fsp3) is 0.357. The van der Waals surface area contributed by atoms with Gasteiger partial charge in [0, 0.05) is 29.6 Å². The Labute approximate surface area is 211 Å². The first-order valence-electron chi connectivity index (χ1n) is 11.9. The summed E-state index contributed by atoms with van der Waals surface area (Å²) in [4.78, 5) is 31.7. The van der Waals surface area contributed by atoms with Gasteiger partial charge < -0.3 is 19.3 Å². The number of hydrogen-bond donors (Lipinski definition) is 0. The van der Waals surface area contributed by atoms with Crippen LogP contribution in [0.25, 0.3) is 0 Å². The molecule has 1 aromatic heterocycles. The Hall–Kier alpha value is -3.32. The molecule has 0 bridgehead atoms. The molecule has 0 saturated carbocycles. The number of methoxy groups -OCH3 is 1. The van der Waals surface area contributed by atoms with Crippen molar-refractivity contribution in [2.75, 3.05) is 33.4 Å². The molecule has 1 unspecified atom stereocenters. The first-order valence-corrected chi connectivity index (χ1v) is 12.8. The second-order valence-corrected chi connectivity index (χ2v) is 10.1. The maximum absolute atomic E-state index is 13.6. The zero-order valence-corrected chi connectivity index (χ0v) is 21.3. The number of ether oxygens (including phenoxy) is 2. The van der Waals surface area contributed by atoms with Crippen LogP contribution >= 0.6 is 11.3 Å². The van der Waals surface area contributed by atoms with Gasteiger partial charge in [0.15, 0.2) is 0 Å². The highest BCUT2D eigenvalue weighted by atomic mass is 32.1. The van der Waals surface area contributed by atoms with Gasteiger partial charge in [-0.3, -0.25) is 9.59 Å². The summed E-state index contributed by atoms with van der Waals surface area (Å²) in [6.45, 7) is 5.61. The molecule has 1 atom stereocenters. The Morgan fingerprint density at radius 2 is 1.86 bits per heavy atom. The van der Waals surface area contributed by atoms with Crippen molar-refractivity contribution in [1.29, 1.82) is 0 Å². The van der Waals surface area contributed by atoms with E-state index in [1.54, 1.807) is 35.5 Å². The third kappa shape index (κ3) is 6.03. The maximum Gasteiger partial charge on any atom is 0.254 e. The molecule has 1 aliphatic rings. The second-order valence-electron chi connectivity index (χ2n) is 9.09. The Bertz CT molecular complexity index is 1140. The van der Waals surface area contributed by atoms with E-state index >= 15 is 0 Å². The number of carbonyl (C=O) groups excluding carboxylic acids is 2. The van der Waals surface area contributed by atoms with Gasteiger partial charge in [-0.15, -0.1) is 11.3 Å². The molecule has 2 heterocycles. The van der Waals surface area contributed by atoms with Gasteiger partial charge in [0.2, 0.25) is 5.91 Å². The van der Waals surface area contributed by atoms with Gasteiger partial charge >= 0.3 is 0 Å². The smallest absolute Gasteiger partial charge is 0.254 e. The molecular weight excluding hydrogens is 460 g/mol. The number of thiophene rings is 1. The van der Waals surface area contributed by atoms with Gasteiger partial charge in [0.25, 0.3) is 5.91 Å². The molecule has 7 heteroatoms. The molecule has 1 aliphatic heterocycles. The molecule has 35 heavy (non-hydrogen) atoms. The fourth-order valence-electron chi connectivity index (χ4n) is 4.42. The number of benzene rings is 2. The largest absolute Gasteiger partial charge is 0.497 e. The molecule has 4 rings (SSSR count). The van der Waals surface area contributed by atoms with Crippen LogP contribution in [0.5, 0.6) is 11.5 Å². The predicted molar refractivity (Wildman–Crippen MR) is 138 cm³/mol. The number of fused-ring (bicyclic) bond motifs is 1. The van der Waals surface area contributed by atoms with Crippen molar-refractivity contribution in [3.63, 3.8) is 0 Å². The number of rotatable bonds is 9. The minimum Gasteiger partial charge on any atom is -0.497 e. The molecule has 3 aromatic rings. The lowest BCUT2D eigenvalue weighted by Gasteiger charge is -2.37. The first-order chi connectivity index (χ1) is 17.0. The van der Waals surface area contributed by atoms with Gasteiger partial charge in [-0.1, -0.05) is 38.1 Å². The summed E-state index contributed by atoms with van der Waals surface area (Å²) in [5.41, 5.74) is 1.72. The molecule has 6 nitrogen and oxygen atoms in total. The highest BCUT2D eigenvalue weighted by Crippen LogP contribution is 2.34. The summed E-state index contributed by atoms with van der Waals surface area (Å²) in [7, 11) is 1.62. The number of amides is 2. The topological polar surface area (TPSA) is 59.1 Å². The summed E-state index contributed by atoms with van der Waals surface area (Å²) < 4.78 is 11.4. The predicted octanol–water partition coefficient (Wildman–Crippen LogP) is 5.06. The fourth-order valence-corrected chi connectivity index (χ4v) is 5.35. The van der Waals surface area contributed by atoms with Crippen LogP contribution in [0.15, 0.2) is 66.0 Å². The van der Waals surface area contributed by atoms with Crippen LogP contribution in [0.1, 0.15) is 40.7 Å². The van der Waals surface area contributed by atoms with E-state index in [0.717, 1.165) is 17.7 Å². The molecule has 0 saturated heterocycles. The highest BCUT2D eigenvalue weighted by molar-refractivity contribution is 7.10. The molecule has 0 aliphatic carbocycles. The third-order valence-corrected chi connectivity index (χ3v) is 7.08. The summed E-state index contributed by atoms with van der Waals surface area (Å²) >= 11 is 1.72. The zero-order valence-electron chi connectivity index (χ0n) is 20.5. The Morgan fingerprint density at radius 1 is 1.09 bits per heavy atom. The Kier molecular flexibility index (Phi) is 8.08. The first kappa shape index (κ1) is 24.8. The molecular formula is C28H32N2O4S. The molecule has 0 fully saturated rings. The van der Waals surface area contributed by atoms with Crippen LogP contribution in [0, 0.1) is 5.92 Å². The average Bonchev–Trinajstić information content (AvgIpc) is 3.36. The van der Waals surface area contributed by atoms with Crippen LogP contribution in [0.3, 0.4) is 0 Å². The number of nitrogens with zero attached hydrogens (tertiary/aromatic N) is 2. The molecule has 2 aromatic carbocycles. The summed E-state index contributed by atoms with van der Waals surface area (Å²) in [5, 5.41) is 2.07. The van der Waals surface area contributed by atoms with E-state index in [9.17, 15) is 9.59 Å². The number of hydrogen-bond acceptors (Lipinski definition) is 5. The Balaban J connectivity index is 1.53. The number of carbonyl (C=O) groups is 2. The molecule has 0 N–H and O–H groups in total. The van der Waals surface area contributed by atoms with Gasteiger partial charge in [0.1, 0.15) is 24.7 Å². The van der Waals surface area contributed by atoms with Crippen LogP contribution in [-0.2, 0) is 11.2 Å². The van der Waals surface area contributed by atoms with Crippen LogP contribution < -0.4 is 9.47 Å². The molecule has 0 radical (unpaired) electrons. The quantitative estimate of drug-likeness (QED) is 0.419. The Morgan fingerprint density at radius 3 is 2.60 bits per heavy atom. The van der Waals surface area contributed by atoms with E-state index in [0.29, 0.717) is 31.0 Å². The lowest BCUT2D eigenvalue weighted by molar-refractivity contribution is -0.135. The standard InChI is InChI=1S/C28H32N2O4S/c1-20(2)17-29(28(32)21-8-5-4-6-9-21)18-27(31)30-14-12-26-24(13-15-35-26)25(30)19-34-23-11-7-10-22(16-23)33-3/h4-11,13,15-16,20,25H,12,14,17-19H2,1-3H3. The van der Waals surface area contributed by atoms with E-state index in [4.69, 9.17) is 9.47 Å². The summed E-state index contributed by atoms with van der Waals surface area (Å²) in [6, 6.07) is 18.5. The van der Waals surface area contributed by atoms with Gasteiger partial charge in [-0.25, -0.2) is 0 Å². The van der Waals surface area contributed by atoms with Crippen LogP contribution in [0.4, 0.5) is 0 Å². The SMILES string of the molecule is COc1cccc(OCC2c3ccsc3CCN2C(=O)CN(CC(C)C)C(=O)c2ccccc2)c1. The normalized spacial score (nSPS) is 15.0. The van der Waals surface area contributed by atoms with E-state index in [2.05, 4.69) is 25.3 Å². The van der Waals surface area contributed by atoms with Gasteiger partial charge in [-0.05, 0) is 53.6 Å². The van der Waals surface area contributed by atoms with Crippen LogP contribution in [0.2, 0.25) is 0 Å². The monoisotopic (exact) mass is 492 g/mol. The summed E-state index contributed by atoms with van der Waals surface area (Å²) in [6.07, 6.45) is 0.811. The van der Waals surface area contributed by atoms with Crippen molar-refractivity contribution in [2.24, 2.45) is 5.92 Å². The van der Waals surface area contributed by atoms with Crippen molar-refractivity contribution in [3.05, 3.63) is 82.0 Å². The molecule has 2 amide bonds. The van der Waals surface area contributed by atoms with E-state index < -0.39 is 0 Å². The van der Waals surface area contributed by atoms with Gasteiger partial charge in [-0.2, -0.15) is 0 Å².